The maximum absolute atomic E-state index is 6.41. The Morgan fingerprint density at radius 1 is 1.10 bits per heavy atom. The van der Waals surface area contributed by atoms with Gasteiger partial charge in [0, 0.05) is 26.7 Å². The number of benzene rings is 2. The highest BCUT2D eigenvalue weighted by Crippen LogP contribution is 2.36. The lowest BCUT2D eigenvalue weighted by molar-refractivity contribution is 0.394. The van der Waals surface area contributed by atoms with E-state index in [1.807, 2.05) is 24.3 Å². The molecule has 2 nitrogen and oxygen atoms in total. The summed E-state index contributed by atoms with van der Waals surface area (Å²) < 4.78 is 6.14. The number of rotatable bonds is 2. The Labute approximate surface area is 130 Å². The Morgan fingerprint density at radius 3 is 2.43 bits per heavy atom. The van der Waals surface area contributed by atoms with Crippen LogP contribution in [0.3, 0.4) is 0 Å². The molecule has 0 aliphatic heterocycles. The van der Waals surface area contributed by atoms with Crippen LogP contribution in [0.4, 0.5) is 0 Å². The van der Waals surface area contributed by atoms with Gasteiger partial charge in [-0.3, -0.25) is 0 Å². The van der Waals surface area contributed by atoms with Gasteiger partial charge in [-0.1, -0.05) is 35.9 Å². The lowest BCUT2D eigenvalue weighted by Crippen LogP contribution is -2.35. The van der Waals surface area contributed by atoms with Gasteiger partial charge in [0.25, 0.3) is 0 Å². The van der Waals surface area contributed by atoms with Crippen molar-refractivity contribution in [3.63, 3.8) is 0 Å². The number of halogens is 1. The van der Waals surface area contributed by atoms with E-state index >= 15 is 0 Å². The van der Waals surface area contributed by atoms with E-state index in [0.717, 1.165) is 44.6 Å². The van der Waals surface area contributed by atoms with Crippen molar-refractivity contribution in [2.45, 2.75) is 39.8 Å². The third kappa shape index (κ3) is 2.66. The number of hydrogen-bond donors (Lipinski definition) is 1. The van der Waals surface area contributed by atoms with Crippen molar-refractivity contribution in [3.8, 4) is 0 Å². The molecule has 0 aliphatic rings. The van der Waals surface area contributed by atoms with Crippen molar-refractivity contribution >= 4 is 33.3 Å². The summed E-state index contributed by atoms with van der Waals surface area (Å²) in [7, 11) is 0. The van der Waals surface area contributed by atoms with Crippen LogP contribution in [-0.2, 0) is 6.54 Å². The first-order valence-corrected chi connectivity index (χ1v) is 7.59. The summed E-state index contributed by atoms with van der Waals surface area (Å²) in [6, 6.07) is 10.1. The van der Waals surface area contributed by atoms with E-state index in [0.29, 0.717) is 0 Å². The molecule has 3 aromatic rings. The number of aryl methyl sites for hydroxylation is 1. The second-order valence-electron chi connectivity index (χ2n) is 6.53. The van der Waals surface area contributed by atoms with E-state index in [-0.39, 0.29) is 5.54 Å². The smallest absolute Gasteiger partial charge is 0.142 e. The predicted molar refractivity (Wildman–Crippen MR) is 90.1 cm³/mol. The zero-order valence-corrected chi connectivity index (χ0v) is 13.6. The second kappa shape index (κ2) is 5.04. The SMILES string of the molecule is Cc1c(CNC(C)(C)C)oc2c1cc(Cl)c1ccccc12. The molecule has 0 bridgehead atoms. The molecule has 1 N–H and O–H groups in total. The van der Waals surface area contributed by atoms with Gasteiger partial charge in [0.2, 0.25) is 0 Å². The van der Waals surface area contributed by atoms with E-state index in [1.165, 1.54) is 0 Å². The fourth-order valence-corrected chi connectivity index (χ4v) is 2.83. The van der Waals surface area contributed by atoms with Gasteiger partial charge < -0.3 is 9.73 Å². The zero-order valence-electron chi connectivity index (χ0n) is 12.9. The van der Waals surface area contributed by atoms with Crippen LogP contribution in [-0.4, -0.2) is 5.54 Å². The first-order chi connectivity index (χ1) is 9.87. The molecule has 0 aliphatic carbocycles. The zero-order chi connectivity index (χ0) is 15.2. The molecule has 0 spiro atoms. The molecule has 2 aromatic carbocycles. The maximum Gasteiger partial charge on any atom is 0.142 e. The largest absolute Gasteiger partial charge is 0.459 e. The summed E-state index contributed by atoms with van der Waals surface area (Å²) in [5.74, 6) is 0.979. The molecule has 0 saturated carbocycles. The van der Waals surface area contributed by atoms with Crippen LogP contribution in [0.5, 0.6) is 0 Å². The average Bonchev–Trinajstić information content (AvgIpc) is 2.74. The standard InChI is InChI=1S/C18H20ClNO/c1-11-14-9-15(19)12-7-5-6-8-13(12)17(14)21-16(11)10-20-18(2,3)4/h5-9,20H,10H2,1-4H3. The molecule has 3 rings (SSSR count). The lowest BCUT2D eigenvalue weighted by atomic mass is 10.0. The van der Waals surface area contributed by atoms with E-state index < -0.39 is 0 Å². The van der Waals surface area contributed by atoms with Gasteiger partial charge in [0.1, 0.15) is 11.3 Å². The fourth-order valence-electron chi connectivity index (χ4n) is 2.56. The van der Waals surface area contributed by atoms with Gasteiger partial charge in [0.05, 0.1) is 6.54 Å². The Morgan fingerprint density at radius 2 is 1.76 bits per heavy atom. The fraction of sp³-hybridized carbons (Fsp3) is 0.333. The van der Waals surface area contributed by atoms with Crippen LogP contribution in [0.2, 0.25) is 5.02 Å². The highest BCUT2D eigenvalue weighted by atomic mass is 35.5. The molecule has 3 heteroatoms. The third-order valence-electron chi connectivity index (χ3n) is 3.77. The molecular formula is C18H20ClNO. The summed E-state index contributed by atoms with van der Waals surface area (Å²) in [6.07, 6.45) is 0. The van der Waals surface area contributed by atoms with Crippen LogP contribution < -0.4 is 5.32 Å². The van der Waals surface area contributed by atoms with Crippen LogP contribution >= 0.6 is 11.6 Å². The number of fused-ring (bicyclic) bond motifs is 3. The van der Waals surface area contributed by atoms with Crippen LogP contribution in [0, 0.1) is 6.92 Å². The van der Waals surface area contributed by atoms with Gasteiger partial charge in [-0.05, 0) is 39.3 Å². The van der Waals surface area contributed by atoms with Crippen molar-refractivity contribution in [1.29, 1.82) is 0 Å². The van der Waals surface area contributed by atoms with Crippen molar-refractivity contribution in [3.05, 3.63) is 46.7 Å². The van der Waals surface area contributed by atoms with E-state index in [2.05, 4.69) is 39.1 Å². The maximum atomic E-state index is 6.41. The van der Waals surface area contributed by atoms with Gasteiger partial charge >= 0.3 is 0 Å². The lowest BCUT2D eigenvalue weighted by Gasteiger charge is -2.19. The molecule has 1 aromatic heterocycles. The van der Waals surface area contributed by atoms with Gasteiger partial charge in [-0.25, -0.2) is 0 Å². The monoisotopic (exact) mass is 301 g/mol. The quantitative estimate of drug-likeness (QED) is 0.682. The molecule has 110 valence electrons. The third-order valence-corrected chi connectivity index (χ3v) is 4.08. The van der Waals surface area contributed by atoms with Gasteiger partial charge in [0.15, 0.2) is 0 Å². The summed E-state index contributed by atoms with van der Waals surface area (Å²) in [6.45, 7) is 9.26. The molecule has 0 unspecified atom stereocenters. The summed E-state index contributed by atoms with van der Waals surface area (Å²) in [5.41, 5.74) is 2.15. The van der Waals surface area contributed by atoms with E-state index in [1.54, 1.807) is 0 Å². The Kier molecular flexibility index (Phi) is 3.46. The Hall–Kier alpha value is -1.51. The molecule has 0 amide bonds. The van der Waals surface area contributed by atoms with Crippen LogP contribution in [0.1, 0.15) is 32.1 Å². The van der Waals surface area contributed by atoms with Crippen molar-refractivity contribution < 1.29 is 4.42 Å². The van der Waals surface area contributed by atoms with Crippen molar-refractivity contribution in [2.75, 3.05) is 0 Å². The molecule has 1 heterocycles. The number of furan rings is 1. The second-order valence-corrected chi connectivity index (χ2v) is 6.94. The minimum absolute atomic E-state index is 0.0606. The highest BCUT2D eigenvalue weighted by Gasteiger charge is 2.17. The molecule has 21 heavy (non-hydrogen) atoms. The predicted octanol–water partition coefficient (Wildman–Crippen LogP) is 5.44. The minimum Gasteiger partial charge on any atom is -0.459 e. The van der Waals surface area contributed by atoms with Crippen LogP contribution in [0.25, 0.3) is 21.7 Å². The van der Waals surface area contributed by atoms with E-state index in [9.17, 15) is 0 Å². The number of hydrogen-bond acceptors (Lipinski definition) is 2. The molecule has 0 atom stereocenters. The molecule has 0 saturated heterocycles. The Bertz CT molecular complexity index is 811. The molecular weight excluding hydrogens is 282 g/mol. The summed E-state index contributed by atoms with van der Waals surface area (Å²) >= 11 is 6.41. The van der Waals surface area contributed by atoms with Crippen LogP contribution in [0.15, 0.2) is 34.7 Å². The van der Waals surface area contributed by atoms with Crippen molar-refractivity contribution in [2.24, 2.45) is 0 Å². The topological polar surface area (TPSA) is 25.2 Å². The first kappa shape index (κ1) is 14.4. The highest BCUT2D eigenvalue weighted by molar-refractivity contribution is 6.37. The first-order valence-electron chi connectivity index (χ1n) is 7.21. The van der Waals surface area contributed by atoms with Crippen molar-refractivity contribution in [1.82, 2.24) is 5.32 Å². The Balaban J connectivity index is 2.17. The number of nitrogens with one attached hydrogen (secondary N) is 1. The molecule has 0 fully saturated rings. The van der Waals surface area contributed by atoms with Gasteiger partial charge in [-0.2, -0.15) is 0 Å². The summed E-state index contributed by atoms with van der Waals surface area (Å²) in [5, 5.41) is 7.46. The molecule has 0 radical (unpaired) electrons. The minimum atomic E-state index is 0.0606. The summed E-state index contributed by atoms with van der Waals surface area (Å²) in [4.78, 5) is 0. The normalized spacial score (nSPS) is 12.4. The van der Waals surface area contributed by atoms with E-state index in [4.69, 9.17) is 16.0 Å². The average molecular weight is 302 g/mol. The van der Waals surface area contributed by atoms with Gasteiger partial charge in [-0.15, -0.1) is 0 Å².